The summed E-state index contributed by atoms with van der Waals surface area (Å²) in [6, 6.07) is 0.800. The standard InChI is InChI=1S/C18H36N2/c1-5-17(2,3)15-10-12-18(14-19,13-11-15)20(4)16-8-6-7-9-16/h15-16H,5-14,19H2,1-4H3. The lowest BCUT2D eigenvalue weighted by Crippen LogP contribution is -2.57. The second-order valence-corrected chi connectivity index (χ2v) is 8.09. The average Bonchev–Trinajstić information content (AvgIpc) is 3.00. The van der Waals surface area contributed by atoms with Crippen LogP contribution in [-0.4, -0.2) is 30.1 Å². The smallest absolute Gasteiger partial charge is 0.0331 e. The summed E-state index contributed by atoms with van der Waals surface area (Å²) < 4.78 is 0. The molecule has 0 saturated heterocycles. The van der Waals surface area contributed by atoms with E-state index < -0.39 is 0 Å². The van der Waals surface area contributed by atoms with Gasteiger partial charge in [0, 0.05) is 18.1 Å². The summed E-state index contributed by atoms with van der Waals surface area (Å²) in [4.78, 5) is 2.69. The molecule has 118 valence electrons. The Balaban J connectivity index is 2.00. The van der Waals surface area contributed by atoms with Gasteiger partial charge in [0.25, 0.3) is 0 Å². The zero-order chi connectivity index (χ0) is 14.8. The van der Waals surface area contributed by atoms with Crippen LogP contribution < -0.4 is 5.73 Å². The summed E-state index contributed by atoms with van der Waals surface area (Å²) in [5.74, 6) is 0.893. The number of rotatable bonds is 5. The lowest BCUT2D eigenvalue weighted by molar-refractivity contribution is 0.00892. The van der Waals surface area contributed by atoms with Crippen molar-refractivity contribution in [1.29, 1.82) is 0 Å². The second-order valence-electron chi connectivity index (χ2n) is 8.09. The number of hydrogen-bond acceptors (Lipinski definition) is 2. The van der Waals surface area contributed by atoms with Gasteiger partial charge in [0.15, 0.2) is 0 Å². The van der Waals surface area contributed by atoms with Crippen LogP contribution >= 0.6 is 0 Å². The van der Waals surface area contributed by atoms with Gasteiger partial charge in [0.05, 0.1) is 0 Å². The highest BCUT2D eigenvalue weighted by Crippen LogP contribution is 2.45. The van der Waals surface area contributed by atoms with Crippen molar-refractivity contribution in [2.75, 3.05) is 13.6 Å². The third-order valence-corrected chi connectivity index (χ3v) is 6.93. The molecule has 0 aliphatic heterocycles. The molecular formula is C18H36N2. The normalized spacial score (nSPS) is 33.0. The molecule has 0 bridgehead atoms. The maximum absolute atomic E-state index is 6.25. The van der Waals surface area contributed by atoms with Crippen LogP contribution in [0, 0.1) is 11.3 Å². The highest BCUT2D eigenvalue weighted by molar-refractivity contribution is 4.99. The molecule has 2 nitrogen and oxygen atoms in total. The van der Waals surface area contributed by atoms with Crippen LogP contribution in [-0.2, 0) is 0 Å². The molecule has 0 atom stereocenters. The van der Waals surface area contributed by atoms with Gasteiger partial charge in [-0.1, -0.05) is 40.0 Å². The van der Waals surface area contributed by atoms with Crippen molar-refractivity contribution in [3.05, 3.63) is 0 Å². The lowest BCUT2D eigenvalue weighted by atomic mass is 9.65. The van der Waals surface area contributed by atoms with Gasteiger partial charge in [-0.15, -0.1) is 0 Å². The Labute approximate surface area is 126 Å². The fourth-order valence-electron chi connectivity index (χ4n) is 4.60. The zero-order valence-electron chi connectivity index (χ0n) is 14.3. The third kappa shape index (κ3) is 3.06. The van der Waals surface area contributed by atoms with Crippen LogP contribution in [0.1, 0.15) is 78.6 Å². The van der Waals surface area contributed by atoms with Gasteiger partial charge in [-0.05, 0) is 56.9 Å². The minimum Gasteiger partial charge on any atom is -0.329 e. The Morgan fingerprint density at radius 3 is 2.10 bits per heavy atom. The summed E-state index contributed by atoms with van der Waals surface area (Å²) in [7, 11) is 2.36. The van der Waals surface area contributed by atoms with Crippen molar-refractivity contribution >= 4 is 0 Å². The first-order valence-corrected chi connectivity index (χ1v) is 8.88. The van der Waals surface area contributed by atoms with Gasteiger partial charge in [-0.2, -0.15) is 0 Å². The van der Waals surface area contributed by atoms with E-state index in [0.717, 1.165) is 18.5 Å². The Hall–Kier alpha value is -0.0800. The predicted octanol–water partition coefficient (Wildman–Crippen LogP) is 4.18. The van der Waals surface area contributed by atoms with E-state index >= 15 is 0 Å². The third-order valence-electron chi connectivity index (χ3n) is 6.93. The van der Waals surface area contributed by atoms with Crippen LogP contribution in [0.2, 0.25) is 0 Å². The van der Waals surface area contributed by atoms with Crippen LogP contribution in [0.4, 0.5) is 0 Å². The minimum absolute atomic E-state index is 0.301. The predicted molar refractivity (Wildman–Crippen MR) is 87.8 cm³/mol. The number of nitrogens with two attached hydrogens (primary N) is 1. The monoisotopic (exact) mass is 280 g/mol. The summed E-state index contributed by atoms with van der Waals surface area (Å²) >= 11 is 0. The van der Waals surface area contributed by atoms with E-state index in [2.05, 4.69) is 32.7 Å². The van der Waals surface area contributed by atoms with Gasteiger partial charge >= 0.3 is 0 Å². The number of likely N-dealkylation sites (N-methyl/N-ethyl adjacent to an activating group) is 1. The summed E-state index contributed by atoms with van der Waals surface area (Å²) in [6.07, 6.45) is 12.3. The summed E-state index contributed by atoms with van der Waals surface area (Å²) in [5.41, 5.74) is 7.06. The summed E-state index contributed by atoms with van der Waals surface area (Å²) in [5, 5.41) is 0. The van der Waals surface area contributed by atoms with Crippen molar-refractivity contribution < 1.29 is 0 Å². The fourth-order valence-corrected chi connectivity index (χ4v) is 4.60. The van der Waals surface area contributed by atoms with Crippen LogP contribution in [0.15, 0.2) is 0 Å². The van der Waals surface area contributed by atoms with E-state index in [-0.39, 0.29) is 0 Å². The highest BCUT2D eigenvalue weighted by atomic mass is 15.2. The molecule has 0 aromatic rings. The van der Waals surface area contributed by atoms with Gasteiger partial charge in [-0.3, -0.25) is 4.90 Å². The zero-order valence-corrected chi connectivity index (χ0v) is 14.3. The molecule has 0 unspecified atom stereocenters. The first-order valence-electron chi connectivity index (χ1n) is 8.88. The Morgan fingerprint density at radius 1 is 1.10 bits per heavy atom. The molecule has 2 fully saturated rings. The van der Waals surface area contributed by atoms with E-state index in [0.29, 0.717) is 11.0 Å². The van der Waals surface area contributed by atoms with E-state index in [4.69, 9.17) is 5.73 Å². The first kappa shape index (κ1) is 16.3. The van der Waals surface area contributed by atoms with E-state index in [1.165, 1.54) is 57.8 Å². The van der Waals surface area contributed by atoms with Crippen LogP contribution in [0.5, 0.6) is 0 Å². The molecule has 0 heterocycles. The molecule has 0 radical (unpaired) electrons. The maximum atomic E-state index is 6.25. The van der Waals surface area contributed by atoms with Crippen molar-refractivity contribution in [1.82, 2.24) is 4.90 Å². The number of nitrogens with zero attached hydrogens (tertiary/aromatic N) is 1. The Morgan fingerprint density at radius 2 is 1.65 bits per heavy atom. The molecule has 0 spiro atoms. The molecule has 2 heteroatoms. The maximum Gasteiger partial charge on any atom is 0.0331 e. The van der Waals surface area contributed by atoms with Crippen molar-refractivity contribution in [3.8, 4) is 0 Å². The van der Waals surface area contributed by atoms with Gasteiger partial charge < -0.3 is 5.73 Å². The van der Waals surface area contributed by atoms with Crippen molar-refractivity contribution in [2.24, 2.45) is 17.1 Å². The van der Waals surface area contributed by atoms with Crippen molar-refractivity contribution in [2.45, 2.75) is 90.1 Å². The number of hydrogen-bond donors (Lipinski definition) is 1. The first-order chi connectivity index (χ1) is 9.45. The minimum atomic E-state index is 0.301. The largest absolute Gasteiger partial charge is 0.329 e. The highest BCUT2D eigenvalue weighted by Gasteiger charge is 2.43. The van der Waals surface area contributed by atoms with Gasteiger partial charge in [0.2, 0.25) is 0 Å². The quantitative estimate of drug-likeness (QED) is 0.818. The molecule has 0 amide bonds. The molecule has 2 aliphatic carbocycles. The molecule has 0 aromatic carbocycles. The van der Waals surface area contributed by atoms with Gasteiger partial charge in [-0.25, -0.2) is 0 Å². The summed E-state index contributed by atoms with van der Waals surface area (Å²) in [6.45, 7) is 8.09. The molecule has 20 heavy (non-hydrogen) atoms. The Bertz CT molecular complexity index is 297. The topological polar surface area (TPSA) is 29.3 Å². The second kappa shape index (κ2) is 6.36. The molecule has 0 aromatic heterocycles. The van der Waals surface area contributed by atoms with Crippen LogP contribution in [0.3, 0.4) is 0 Å². The van der Waals surface area contributed by atoms with Gasteiger partial charge in [0.1, 0.15) is 0 Å². The van der Waals surface area contributed by atoms with Crippen molar-refractivity contribution in [3.63, 3.8) is 0 Å². The molecule has 2 saturated carbocycles. The Kier molecular flexibility index (Phi) is 5.18. The average molecular weight is 280 g/mol. The lowest BCUT2D eigenvalue weighted by Gasteiger charge is -2.51. The molecule has 2 aliphatic rings. The van der Waals surface area contributed by atoms with E-state index in [1.807, 2.05) is 0 Å². The molecule has 2 rings (SSSR count). The molecular weight excluding hydrogens is 244 g/mol. The SMILES string of the molecule is CCC(C)(C)C1CCC(CN)(N(C)C2CCCC2)CC1. The fraction of sp³-hybridized carbons (Fsp3) is 1.00. The van der Waals surface area contributed by atoms with Crippen LogP contribution in [0.25, 0.3) is 0 Å². The molecule has 2 N–H and O–H groups in total. The van der Waals surface area contributed by atoms with E-state index in [1.54, 1.807) is 0 Å². The van der Waals surface area contributed by atoms with E-state index in [9.17, 15) is 0 Å².